The molecule has 1 aromatic carbocycles. The van der Waals surface area contributed by atoms with Gasteiger partial charge >= 0.3 is 6.09 Å². The quantitative estimate of drug-likeness (QED) is 0.579. The van der Waals surface area contributed by atoms with Crippen LogP contribution in [0.1, 0.15) is 26.3 Å². The molecule has 0 fully saturated rings. The summed E-state index contributed by atoms with van der Waals surface area (Å²) < 4.78 is 6.05. The van der Waals surface area contributed by atoms with Crippen LogP contribution in [0.2, 0.25) is 0 Å². The van der Waals surface area contributed by atoms with E-state index in [0.717, 1.165) is 21.4 Å². The molecular weight excluding hydrogens is 322 g/mol. The summed E-state index contributed by atoms with van der Waals surface area (Å²) in [7, 11) is 0. The number of carbonyl (C=O) groups excluding carboxylic acids is 1. The van der Waals surface area contributed by atoms with Gasteiger partial charge in [-0.15, -0.1) is 0 Å². The standard InChI is InChI=1S/C14H22BrN3O2/c1-9-7-12(10(15)8-11(9)16)17-5-6-18-13(19)20-14(2,3)4/h7-8,17H,5-6,16H2,1-4H3,(H,18,19). The highest BCUT2D eigenvalue weighted by molar-refractivity contribution is 9.10. The van der Waals surface area contributed by atoms with Crippen molar-refractivity contribution in [1.82, 2.24) is 5.32 Å². The Balaban J connectivity index is 2.38. The van der Waals surface area contributed by atoms with Gasteiger partial charge in [-0.25, -0.2) is 4.79 Å². The lowest BCUT2D eigenvalue weighted by Crippen LogP contribution is -2.35. The van der Waals surface area contributed by atoms with Gasteiger partial charge in [0.2, 0.25) is 0 Å². The first-order valence-corrected chi connectivity index (χ1v) is 7.24. The predicted molar refractivity (Wildman–Crippen MR) is 86.0 cm³/mol. The second-order valence-electron chi connectivity index (χ2n) is 5.54. The fraction of sp³-hybridized carbons (Fsp3) is 0.500. The molecule has 0 saturated heterocycles. The van der Waals surface area contributed by atoms with E-state index < -0.39 is 11.7 Å². The third-order valence-corrected chi connectivity index (χ3v) is 3.12. The zero-order valence-corrected chi connectivity index (χ0v) is 13.9. The molecule has 20 heavy (non-hydrogen) atoms. The van der Waals surface area contributed by atoms with Crippen molar-refractivity contribution in [3.63, 3.8) is 0 Å². The Hall–Kier alpha value is -1.43. The van der Waals surface area contributed by atoms with E-state index in [0.29, 0.717) is 13.1 Å². The zero-order valence-electron chi connectivity index (χ0n) is 12.3. The van der Waals surface area contributed by atoms with Gasteiger partial charge < -0.3 is 21.1 Å². The predicted octanol–water partition coefficient (Wildman–Crippen LogP) is 3.28. The monoisotopic (exact) mass is 343 g/mol. The van der Waals surface area contributed by atoms with E-state index in [4.69, 9.17) is 10.5 Å². The van der Waals surface area contributed by atoms with E-state index in [1.807, 2.05) is 39.8 Å². The molecule has 4 N–H and O–H groups in total. The van der Waals surface area contributed by atoms with Gasteiger partial charge in [-0.2, -0.15) is 0 Å². The number of nitrogen functional groups attached to an aromatic ring is 1. The number of aryl methyl sites for hydroxylation is 1. The molecule has 0 aliphatic carbocycles. The highest BCUT2D eigenvalue weighted by Gasteiger charge is 2.15. The fourth-order valence-corrected chi connectivity index (χ4v) is 2.01. The molecule has 6 heteroatoms. The number of nitrogens with two attached hydrogens (primary N) is 1. The summed E-state index contributed by atoms with van der Waals surface area (Å²) in [6.07, 6.45) is -0.410. The highest BCUT2D eigenvalue weighted by Crippen LogP contribution is 2.27. The first kappa shape index (κ1) is 16.6. The van der Waals surface area contributed by atoms with Gasteiger partial charge in [0.15, 0.2) is 0 Å². The van der Waals surface area contributed by atoms with Crippen LogP contribution in [0.4, 0.5) is 16.2 Å². The average molecular weight is 344 g/mol. The molecule has 0 spiro atoms. The summed E-state index contributed by atoms with van der Waals surface area (Å²) in [5, 5.41) is 5.92. The van der Waals surface area contributed by atoms with Gasteiger partial charge in [0.25, 0.3) is 0 Å². The Morgan fingerprint density at radius 1 is 1.35 bits per heavy atom. The van der Waals surface area contributed by atoms with Gasteiger partial charge in [-0.1, -0.05) is 0 Å². The third kappa shape index (κ3) is 5.69. The van der Waals surface area contributed by atoms with Crippen LogP contribution in [0, 0.1) is 6.92 Å². The number of carbonyl (C=O) groups is 1. The van der Waals surface area contributed by atoms with Crippen molar-refractivity contribution >= 4 is 33.4 Å². The van der Waals surface area contributed by atoms with Gasteiger partial charge in [0.1, 0.15) is 5.60 Å². The summed E-state index contributed by atoms with van der Waals surface area (Å²) in [5.41, 5.74) is 8.04. The van der Waals surface area contributed by atoms with Crippen molar-refractivity contribution in [3.8, 4) is 0 Å². The molecule has 1 amide bonds. The van der Waals surface area contributed by atoms with Gasteiger partial charge in [0, 0.05) is 28.9 Å². The molecule has 5 nitrogen and oxygen atoms in total. The van der Waals surface area contributed by atoms with Crippen LogP contribution < -0.4 is 16.4 Å². The van der Waals surface area contributed by atoms with Crippen LogP contribution in [0.3, 0.4) is 0 Å². The van der Waals surface area contributed by atoms with Crippen molar-refractivity contribution in [2.45, 2.75) is 33.3 Å². The number of rotatable bonds is 4. The first-order valence-electron chi connectivity index (χ1n) is 6.45. The molecule has 0 atom stereocenters. The molecule has 1 aromatic rings. The first-order chi connectivity index (χ1) is 9.19. The van der Waals surface area contributed by atoms with E-state index in [9.17, 15) is 4.79 Å². The summed E-state index contributed by atoms with van der Waals surface area (Å²) in [6, 6.07) is 3.83. The maximum absolute atomic E-state index is 11.4. The van der Waals surface area contributed by atoms with Crippen molar-refractivity contribution < 1.29 is 9.53 Å². The van der Waals surface area contributed by atoms with E-state index in [1.54, 1.807) is 0 Å². The molecule has 112 valence electrons. The van der Waals surface area contributed by atoms with Gasteiger partial charge in [-0.05, 0) is 61.3 Å². The zero-order chi connectivity index (χ0) is 15.3. The molecule has 0 radical (unpaired) electrons. The number of anilines is 2. The van der Waals surface area contributed by atoms with Crippen molar-refractivity contribution in [1.29, 1.82) is 0 Å². The smallest absolute Gasteiger partial charge is 0.407 e. The molecule has 0 aliphatic heterocycles. The van der Waals surface area contributed by atoms with Crippen LogP contribution in [-0.4, -0.2) is 24.8 Å². The topological polar surface area (TPSA) is 76.4 Å². The molecule has 1 rings (SSSR count). The minimum Gasteiger partial charge on any atom is -0.444 e. The average Bonchev–Trinajstić information content (AvgIpc) is 2.28. The molecule has 0 saturated carbocycles. The Morgan fingerprint density at radius 3 is 2.60 bits per heavy atom. The summed E-state index contributed by atoms with van der Waals surface area (Å²) in [6.45, 7) is 8.52. The van der Waals surface area contributed by atoms with Crippen molar-refractivity contribution in [3.05, 3.63) is 22.2 Å². The maximum Gasteiger partial charge on any atom is 0.407 e. The van der Waals surface area contributed by atoms with Crippen LogP contribution in [-0.2, 0) is 4.74 Å². The van der Waals surface area contributed by atoms with Crippen LogP contribution in [0.5, 0.6) is 0 Å². The number of hydrogen-bond donors (Lipinski definition) is 3. The maximum atomic E-state index is 11.4. The van der Waals surface area contributed by atoms with Crippen molar-refractivity contribution in [2.75, 3.05) is 24.1 Å². The van der Waals surface area contributed by atoms with Crippen molar-refractivity contribution in [2.24, 2.45) is 0 Å². The van der Waals surface area contributed by atoms with Crippen LogP contribution >= 0.6 is 15.9 Å². The molecule has 0 bridgehead atoms. The minimum absolute atomic E-state index is 0.410. The number of ether oxygens (including phenoxy) is 1. The third-order valence-electron chi connectivity index (χ3n) is 2.46. The van der Waals surface area contributed by atoms with E-state index >= 15 is 0 Å². The summed E-state index contributed by atoms with van der Waals surface area (Å²) in [4.78, 5) is 11.4. The molecule has 0 heterocycles. The number of alkyl carbamates (subject to hydrolysis) is 1. The van der Waals surface area contributed by atoms with E-state index in [1.165, 1.54) is 0 Å². The molecular formula is C14H22BrN3O2. The largest absolute Gasteiger partial charge is 0.444 e. The minimum atomic E-state index is -0.478. The van der Waals surface area contributed by atoms with Crippen LogP contribution in [0.25, 0.3) is 0 Å². The number of nitrogens with one attached hydrogen (secondary N) is 2. The lowest BCUT2D eigenvalue weighted by atomic mass is 10.2. The number of amides is 1. The van der Waals surface area contributed by atoms with Crippen LogP contribution in [0.15, 0.2) is 16.6 Å². The summed E-state index contributed by atoms with van der Waals surface area (Å²) >= 11 is 3.45. The van der Waals surface area contributed by atoms with E-state index in [2.05, 4.69) is 26.6 Å². The Labute approximate surface area is 128 Å². The fourth-order valence-electron chi connectivity index (χ4n) is 1.51. The highest BCUT2D eigenvalue weighted by atomic mass is 79.9. The molecule has 0 aliphatic rings. The SMILES string of the molecule is Cc1cc(NCCNC(=O)OC(C)(C)C)c(Br)cc1N. The normalized spacial score (nSPS) is 11.1. The number of benzene rings is 1. The second kappa shape index (κ2) is 6.83. The number of hydrogen-bond acceptors (Lipinski definition) is 4. The Kier molecular flexibility index (Phi) is 5.68. The lowest BCUT2D eigenvalue weighted by Gasteiger charge is -2.19. The van der Waals surface area contributed by atoms with Gasteiger partial charge in [-0.3, -0.25) is 0 Å². The second-order valence-corrected chi connectivity index (χ2v) is 6.40. The molecule has 0 aromatic heterocycles. The Bertz CT molecular complexity index is 484. The number of halogens is 1. The molecule has 0 unspecified atom stereocenters. The summed E-state index contributed by atoms with van der Waals surface area (Å²) in [5.74, 6) is 0. The van der Waals surface area contributed by atoms with Gasteiger partial charge in [0.05, 0.1) is 0 Å². The van der Waals surface area contributed by atoms with E-state index in [-0.39, 0.29) is 0 Å². The lowest BCUT2D eigenvalue weighted by molar-refractivity contribution is 0.0530. The Morgan fingerprint density at radius 2 is 2.00 bits per heavy atom.